The highest BCUT2D eigenvalue weighted by Crippen LogP contribution is 2.34. The van der Waals surface area contributed by atoms with Crippen LogP contribution in [0, 0.1) is 17.2 Å². The molecule has 3 amide bonds. The van der Waals surface area contributed by atoms with E-state index >= 15 is 0 Å². The van der Waals surface area contributed by atoms with Crippen LogP contribution in [0.1, 0.15) is 45.1 Å². The Labute approximate surface area is 166 Å². The summed E-state index contributed by atoms with van der Waals surface area (Å²) < 4.78 is 0. The van der Waals surface area contributed by atoms with Crippen LogP contribution in [0.25, 0.3) is 5.57 Å². The lowest BCUT2D eigenvalue weighted by atomic mass is 9.99. The maximum Gasteiger partial charge on any atom is 0.318 e. The number of hydrogen-bond acceptors (Lipinski definition) is 3. The second-order valence-corrected chi connectivity index (χ2v) is 8.11. The lowest BCUT2D eigenvalue weighted by molar-refractivity contribution is -0.123. The van der Waals surface area contributed by atoms with Gasteiger partial charge in [0.05, 0.1) is 6.07 Å². The molecular weight excluding hydrogens is 352 g/mol. The number of rotatable bonds is 6. The van der Waals surface area contributed by atoms with Crippen molar-refractivity contribution in [3.05, 3.63) is 42.0 Å². The van der Waals surface area contributed by atoms with Gasteiger partial charge in [-0.15, -0.1) is 0 Å². The Morgan fingerprint density at radius 3 is 2.50 bits per heavy atom. The maximum absolute atomic E-state index is 12.7. The van der Waals surface area contributed by atoms with E-state index in [1.807, 2.05) is 32.0 Å². The van der Waals surface area contributed by atoms with E-state index in [-0.39, 0.29) is 17.9 Å². The smallest absolute Gasteiger partial charge is 0.318 e. The molecule has 1 fully saturated rings. The number of nitrogens with zero attached hydrogens (tertiary/aromatic N) is 2. The monoisotopic (exact) mass is 380 g/mol. The third-order valence-corrected chi connectivity index (χ3v) is 5.29. The molecule has 6 heteroatoms. The Balaban J connectivity index is 1.60. The first-order valence-corrected chi connectivity index (χ1v) is 9.95. The minimum Gasteiger partial charge on any atom is -0.336 e. The third-order valence-electron chi connectivity index (χ3n) is 5.29. The molecule has 0 aromatic heterocycles. The Morgan fingerprint density at radius 2 is 1.96 bits per heavy atom. The average molecular weight is 380 g/mol. The highest BCUT2D eigenvalue weighted by atomic mass is 16.2. The van der Waals surface area contributed by atoms with Crippen molar-refractivity contribution in [3.63, 3.8) is 0 Å². The molecule has 6 nitrogen and oxygen atoms in total. The summed E-state index contributed by atoms with van der Waals surface area (Å²) >= 11 is 0. The second kappa shape index (κ2) is 8.47. The molecule has 2 aliphatic rings. The van der Waals surface area contributed by atoms with Crippen LogP contribution in [0.5, 0.6) is 0 Å². The van der Waals surface area contributed by atoms with Gasteiger partial charge in [0.25, 0.3) is 0 Å². The van der Waals surface area contributed by atoms with Gasteiger partial charge in [0.1, 0.15) is 11.6 Å². The van der Waals surface area contributed by atoms with Gasteiger partial charge in [0.2, 0.25) is 5.91 Å². The highest BCUT2D eigenvalue weighted by molar-refractivity contribution is 5.88. The van der Waals surface area contributed by atoms with E-state index in [1.165, 1.54) is 11.1 Å². The van der Waals surface area contributed by atoms with Crippen molar-refractivity contribution in [1.29, 1.82) is 5.26 Å². The number of hydrogen-bond donors (Lipinski definition) is 2. The number of carbonyl (C=O) groups is 2. The number of carbonyl (C=O) groups excluding carboxylic acids is 2. The van der Waals surface area contributed by atoms with E-state index < -0.39 is 11.6 Å². The normalized spacial score (nSPS) is 18.6. The third kappa shape index (κ3) is 4.92. The van der Waals surface area contributed by atoms with Gasteiger partial charge in [-0.3, -0.25) is 4.79 Å². The van der Waals surface area contributed by atoms with Gasteiger partial charge in [0, 0.05) is 13.1 Å². The van der Waals surface area contributed by atoms with Crippen LogP contribution in [0.2, 0.25) is 0 Å². The Bertz CT molecular complexity index is 791. The minimum absolute atomic E-state index is 0.231. The van der Waals surface area contributed by atoms with E-state index in [1.54, 1.807) is 4.90 Å². The van der Waals surface area contributed by atoms with Gasteiger partial charge < -0.3 is 15.5 Å². The molecule has 1 aliphatic carbocycles. The van der Waals surface area contributed by atoms with E-state index in [9.17, 15) is 14.9 Å². The first kappa shape index (κ1) is 19.9. The van der Waals surface area contributed by atoms with Gasteiger partial charge in [-0.1, -0.05) is 50.3 Å². The number of amides is 3. The van der Waals surface area contributed by atoms with Crippen molar-refractivity contribution in [3.8, 4) is 6.07 Å². The first-order valence-electron chi connectivity index (χ1n) is 9.95. The van der Waals surface area contributed by atoms with Crippen molar-refractivity contribution < 1.29 is 9.59 Å². The van der Waals surface area contributed by atoms with Crippen LogP contribution in [0.15, 0.2) is 36.4 Å². The van der Waals surface area contributed by atoms with Crippen LogP contribution < -0.4 is 10.6 Å². The van der Waals surface area contributed by atoms with Gasteiger partial charge in [-0.05, 0) is 42.7 Å². The molecule has 0 radical (unpaired) electrons. The van der Waals surface area contributed by atoms with Crippen molar-refractivity contribution in [1.82, 2.24) is 15.5 Å². The molecule has 1 aliphatic heterocycles. The van der Waals surface area contributed by atoms with Gasteiger partial charge in [-0.2, -0.15) is 5.26 Å². The van der Waals surface area contributed by atoms with Crippen LogP contribution in [-0.4, -0.2) is 41.5 Å². The summed E-state index contributed by atoms with van der Waals surface area (Å²) in [7, 11) is 0. The van der Waals surface area contributed by atoms with Crippen molar-refractivity contribution in [2.24, 2.45) is 5.92 Å². The summed E-state index contributed by atoms with van der Waals surface area (Å²) in [6.45, 7) is 5.16. The number of benzene rings is 1. The van der Waals surface area contributed by atoms with Crippen molar-refractivity contribution in [2.75, 3.05) is 13.1 Å². The van der Waals surface area contributed by atoms with E-state index in [0.29, 0.717) is 32.4 Å². The molecule has 1 heterocycles. The largest absolute Gasteiger partial charge is 0.336 e. The molecule has 1 unspecified atom stereocenters. The zero-order valence-electron chi connectivity index (χ0n) is 16.6. The molecule has 148 valence electrons. The van der Waals surface area contributed by atoms with Crippen LogP contribution in [-0.2, 0) is 4.79 Å². The molecule has 0 spiro atoms. The number of nitrogens with one attached hydrogen (secondary N) is 2. The molecule has 3 rings (SSSR count). The summed E-state index contributed by atoms with van der Waals surface area (Å²) in [5, 5.41) is 14.9. The summed E-state index contributed by atoms with van der Waals surface area (Å²) in [5.41, 5.74) is 1.70. The van der Waals surface area contributed by atoms with E-state index in [4.69, 9.17) is 0 Å². The van der Waals surface area contributed by atoms with Crippen LogP contribution in [0.4, 0.5) is 4.79 Å². The van der Waals surface area contributed by atoms with Crippen LogP contribution >= 0.6 is 0 Å². The molecule has 28 heavy (non-hydrogen) atoms. The predicted octanol–water partition coefficient (Wildman–Crippen LogP) is 3.07. The lowest BCUT2D eigenvalue weighted by Crippen LogP contribution is -2.54. The topological polar surface area (TPSA) is 85.2 Å². The zero-order chi connectivity index (χ0) is 20.1. The zero-order valence-corrected chi connectivity index (χ0v) is 16.6. The minimum atomic E-state index is -0.727. The quantitative estimate of drug-likeness (QED) is 0.795. The molecular formula is C22H28N4O2. The number of nitriles is 1. The molecule has 0 bridgehead atoms. The SMILES string of the molecule is CC(C)CC(NC(=O)N1CC=C(c2ccccc2)CC1)C(=O)NC1(C#N)CC1. The van der Waals surface area contributed by atoms with Crippen molar-refractivity contribution >= 4 is 17.5 Å². The maximum atomic E-state index is 12.7. The predicted molar refractivity (Wildman–Crippen MR) is 108 cm³/mol. The van der Waals surface area contributed by atoms with E-state index in [0.717, 1.165) is 6.42 Å². The summed E-state index contributed by atoms with van der Waals surface area (Å²) in [6, 6.07) is 11.5. The van der Waals surface area contributed by atoms with E-state index in [2.05, 4.69) is 34.9 Å². The first-order chi connectivity index (χ1) is 13.4. The van der Waals surface area contributed by atoms with Crippen molar-refractivity contribution in [2.45, 2.75) is 51.1 Å². The van der Waals surface area contributed by atoms with Crippen LogP contribution in [0.3, 0.4) is 0 Å². The molecule has 1 atom stereocenters. The fourth-order valence-corrected chi connectivity index (χ4v) is 3.42. The Hall–Kier alpha value is -2.81. The summed E-state index contributed by atoms with van der Waals surface area (Å²) in [4.78, 5) is 27.1. The molecule has 0 saturated heterocycles. The van der Waals surface area contributed by atoms with Gasteiger partial charge >= 0.3 is 6.03 Å². The van der Waals surface area contributed by atoms with Gasteiger partial charge in [0.15, 0.2) is 0 Å². The Morgan fingerprint density at radius 1 is 1.25 bits per heavy atom. The second-order valence-electron chi connectivity index (χ2n) is 8.11. The molecule has 1 saturated carbocycles. The molecule has 2 N–H and O–H groups in total. The molecule has 1 aromatic rings. The average Bonchev–Trinajstić information content (AvgIpc) is 3.48. The van der Waals surface area contributed by atoms with Gasteiger partial charge in [-0.25, -0.2) is 4.79 Å². The molecule has 1 aromatic carbocycles. The fraction of sp³-hybridized carbons (Fsp3) is 0.500. The fourth-order valence-electron chi connectivity index (χ4n) is 3.42. The number of urea groups is 1. The standard InChI is InChI=1S/C22H28N4O2/c1-16(2)14-19(20(27)25-22(15-23)10-11-22)24-21(28)26-12-8-18(9-13-26)17-6-4-3-5-7-17/h3-8,16,19H,9-14H2,1-2H3,(H,24,28)(H,25,27). The summed E-state index contributed by atoms with van der Waals surface area (Å²) in [5.74, 6) is -0.0159. The highest BCUT2D eigenvalue weighted by Gasteiger charge is 2.45. The lowest BCUT2D eigenvalue weighted by Gasteiger charge is -2.29. The summed E-state index contributed by atoms with van der Waals surface area (Å²) in [6.07, 6.45) is 4.76. The Kier molecular flexibility index (Phi) is 6.03.